The van der Waals surface area contributed by atoms with Crippen molar-refractivity contribution in [3.63, 3.8) is 0 Å². The smallest absolute Gasteiger partial charge is 0.481 e. The number of aliphatic hydroxyl groups excluding tert-OH is 3. The van der Waals surface area contributed by atoms with E-state index in [1.807, 2.05) is 205 Å². The molecular weight excluding hydrogens is 1060 g/mol. The fraction of sp³-hybridized carbons (Fsp3) is 0.125. The minimum Gasteiger partial charge on any atom is -0.481 e. The molecule has 11 rings (SSSR count). The summed E-state index contributed by atoms with van der Waals surface area (Å²) in [4.78, 5) is 41.3. The van der Waals surface area contributed by atoms with Gasteiger partial charge in [-0.3, -0.25) is 9.59 Å². The number of nitrogens with one attached hydrogen (secondary N) is 2. The molecule has 5 heterocycles. The van der Waals surface area contributed by atoms with Crippen LogP contribution in [0, 0.1) is 0 Å². The normalized spacial score (nSPS) is 14.7. The fourth-order valence-electron chi connectivity index (χ4n) is 9.21. The van der Waals surface area contributed by atoms with Crippen LogP contribution < -0.4 is 10.6 Å². The van der Waals surface area contributed by atoms with Gasteiger partial charge in [0.15, 0.2) is 11.6 Å². The van der Waals surface area contributed by atoms with Crippen LogP contribution in [-0.2, 0) is 14.3 Å². The first-order chi connectivity index (χ1) is 39.6. The van der Waals surface area contributed by atoms with Gasteiger partial charge in [-0.05, 0) is 30.3 Å². The maximum Gasteiger partial charge on any atom is 2.00 e. The summed E-state index contributed by atoms with van der Waals surface area (Å²) in [6.07, 6.45) is 6.72. The van der Waals surface area contributed by atoms with Gasteiger partial charge in [-0.15, -0.1) is 0 Å². The van der Waals surface area contributed by atoms with Crippen molar-refractivity contribution < 1.29 is 34.8 Å². The predicted octanol–water partition coefficient (Wildman–Crippen LogP) is 10.8. The Morgan fingerprint density at radius 3 is 1.44 bits per heavy atom. The van der Waals surface area contributed by atoms with Crippen LogP contribution in [0.3, 0.4) is 0 Å². The Bertz CT molecular complexity index is 3760. The summed E-state index contributed by atoms with van der Waals surface area (Å²) in [6.45, 7) is 0. The number of aromatic nitrogens is 8. The first kappa shape index (κ1) is 57.7. The Hall–Kier alpha value is -8.94. The first-order valence-corrected chi connectivity index (χ1v) is 26.2. The number of carboxylic acids is 1. The molecule has 0 bridgehead atoms. The zero-order valence-corrected chi connectivity index (χ0v) is 46.6. The van der Waals surface area contributed by atoms with Gasteiger partial charge in [0.1, 0.15) is 17.5 Å². The summed E-state index contributed by atoms with van der Waals surface area (Å²) in [5.41, 5.74) is 9.86. The molecule has 10 aromatic rings. The summed E-state index contributed by atoms with van der Waals surface area (Å²) in [5, 5.41) is 56.3. The number of para-hydroxylation sites is 2. The SMILES string of the molecule is O=C(O)C[C@H](O)C[C@H](O)/C=C/c1c(-c2ccccc2)nn(-c2ccnc(Nc3ccccc3)n2)c1-c1ccccc1.O=C1C[C@H](O)C[C@@H](/C=C/c2c(-c3ccccc3)nn(-c3ccnc(Nc4ccccc4)n3)c2-c2ccccc2)O1.[Ca+2]. The van der Waals surface area contributed by atoms with Crippen LogP contribution in [0.5, 0.6) is 0 Å². The number of aliphatic carboxylic acids is 1. The van der Waals surface area contributed by atoms with Crippen molar-refractivity contribution in [3.8, 4) is 56.7 Å². The van der Waals surface area contributed by atoms with Gasteiger partial charge in [0.25, 0.3) is 0 Å². The molecule has 6 aromatic carbocycles. The monoisotopic (exact) mass is 1120 g/mol. The first-order valence-electron chi connectivity index (χ1n) is 26.2. The van der Waals surface area contributed by atoms with E-state index in [2.05, 4.69) is 20.6 Å². The van der Waals surface area contributed by atoms with Crippen LogP contribution in [0.15, 0.2) is 219 Å². The van der Waals surface area contributed by atoms with Gasteiger partial charge >= 0.3 is 49.7 Å². The molecule has 0 amide bonds. The third-order valence-electron chi connectivity index (χ3n) is 12.9. The largest absolute Gasteiger partial charge is 2.00 e. The van der Waals surface area contributed by atoms with Crippen LogP contribution in [0.25, 0.3) is 68.8 Å². The minimum atomic E-state index is -1.17. The number of anilines is 4. The van der Waals surface area contributed by atoms with E-state index in [4.69, 9.17) is 30.0 Å². The Morgan fingerprint density at radius 1 is 0.598 bits per heavy atom. The molecule has 82 heavy (non-hydrogen) atoms. The van der Waals surface area contributed by atoms with E-state index in [1.165, 1.54) is 0 Å². The van der Waals surface area contributed by atoms with Gasteiger partial charge in [0.05, 0.1) is 42.5 Å². The number of aliphatic hydroxyl groups is 3. The average Bonchev–Trinajstić information content (AvgIpc) is 4.30. The number of carbonyl (C=O) groups excluding carboxylic acids is 1. The van der Waals surface area contributed by atoms with Crippen LogP contribution >= 0.6 is 0 Å². The third kappa shape index (κ3) is 14.9. The molecule has 0 saturated carbocycles. The second-order valence-corrected chi connectivity index (χ2v) is 18.9. The van der Waals surface area contributed by atoms with Crippen molar-refractivity contribution >= 4 is 85.1 Å². The van der Waals surface area contributed by atoms with Crippen LogP contribution in [0.4, 0.5) is 23.3 Å². The molecule has 404 valence electrons. The van der Waals surface area contributed by atoms with E-state index in [1.54, 1.807) is 35.3 Å². The number of hydrogen-bond acceptors (Lipinski definition) is 14. The minimum absolute atomic E-state index is 0. The van der Waals surface area contributed by atoms with Crippen molar-refractivity contribution in [2.24, 2.45) is 0 Å². The van der Waals surface area contributed by atoms with Gasteiger partial charge in [0, 0.05) is 82.1 Å². The van der Waals surface area contributed by atoms with Gasteiger partial charge in [0.2, 0.25) is 11.9 Å². The number of cyclic esters (lactones) is 1. The van der Waals surface area contributed by atoms with Gasteiger partial charge in [-0.1, -0.05) is 176 Å². The molecule has 1 aliphatic heterocycles. The molecule has 1 saturated heterocycles. The number of carboxylic acid groups (broad SMARTS) is 1. The standard InChI is InChI=1S/C32H29N5O4.C32H27N5O3.Ca/c38-25(20-26(39)21-29(40)41)16-17-27-30(22-10-4-1-5-11-22)36-37(31(27)23-12-6-2-7-13-23)28-18-19-33-32(35-28)34-24-14-8-3-9-15-24;38-25-20-26(40-29(39)21-25)16-17-27-30(22-10-4-1-5-11-22)36-37(31(27)23-12-6-2-7-13-23)28-18-19-33-32(35-28)34-24-14-8-3-9-15-24;/h1-19,25-26,38-39H,20-21H2,(H,40,41)(H,33,34,35);1-19,25-26,38H,20-21H2,(H,33,34,35);/q;;+2/b2*17-16+;/t2*25-,26-;/m11./s1. The van der Waals surface area contributed by atoms with Crippen molar-refractivity contribution in [1.29, 1.82) is 0 Å². The fourth-order valence-corrected chi connectivity index (χ4v) is 9.21. The maximum atomic E-state index is 12.0. The zero-order chi connectivity index (χ0) is 55.9. The Balaban J connectivity index is 0.000000195. The quantitative estimate of drug-likeness (QED) is 0.0346. The average molecular weight is 1120 g/mol. The predicted molar refractivity (Wildman–Crippen MR) is 317 cm³/mol. The Labute approximate surface area is 503 Å². The van der Waals surface area contributed by atoms with Gasteiger partial charge in [-0.25, -0.2) is 19.3 Å². The van der Waals surface area contributed by atoms with Gasteiger partial charge in [-0.2, -0.15) is 20.2 Å². The topological polar surface area (TPSA) is 236 Å². The Kier molecular flexibility index (Phi) is 19.7. The molecule has 1 fully saturated rings. The molecule has 4 aromatic heterocycles. The van der Waals surface area contributed by atoms with Gasteiger partial charge < -0.3 is 35.8 Å². The van der Waals surface area contributed by atoms with Crippen molar-refractivity contribution in [2.45, 2.75) is 50.1 Å². The Morgan fingerprint density at radius 2 is 1.01 bits per heavy atom. The van der Waals surface area contributed by atoms with E-state index < -0.39 is 42.8 Å². The van der Waals surface area contributed by atoms with Crippen LogP contribution in [0.2, 0.25) is 0 Å². The summed E-state index contributed by atoms with van der Waals surface area (Å²) in [6, 6.07) is 62.2. The van der Waals surface area contributed by atoms with E-state index in [0.29, 0.717) is 35.6 Å². The van der Waals surface area contributed by atoms with Crippen molar-refractivity contribution in [1.82, 2.24) is 39.5 Å². The molecule has 18 heteroatoms. The summed E-state index contributed by atoms with van der Waals surface area (Å²) in [7, 11) is 0. The second kappa shape index (κ2) is 28.0. The number of benzene rings is 6. The molecule has 0 radical (unpaired) electrons. The summed E-state index contributed by atoms with van der Waals surface area (Å²) >= 11 is 0. The molecule has 0 spiro atoms. The van der Waals surface area contributed by atoms with Crippen LogP contribution in [0.1, 0.15) is 36.8 Å². The molecular formula is C64H56CaN10O7+2. The number of carbonyl (C=O) groups is 2. The summed E-state index contributed by atoms with van der Waals surface area (Å²) in [5.74, 6) is 0.438. The number of ether oxygens (including phenoxy) is 1. The van der Waals surface area contributed by atoms with Crippen molar-refractivity contribution in [3.05, 3.63) is 230 Å². The number of esters is 1. The molecule has 17 nitrogen and oxygen atoms in total. The maximum absolute atomic E-state index is 12.0. The van der Waals surface area contributed by atoms with E-state index in [-0.39, 0.29) is 50.6 Å². The van der Waals surface area contributed by atoms with E-state index in [0.717, 1.165) is 61.8 Å². The zero-order valence-electron chi connectivity index (χ0n) is 44.4. The number of nitrogens with zero attached hydrogens (tertiary/aromatic N) is 8. The molecule has 0 aliphatic carbocycles. The van der Waals surface area contributed by atoms with Crippen molar-refractivity contribution in [2.75, 3.05) is 10.6 Å². The molecule has 6 N–H and O–H groups in total. The van der Waals surface area contributed by atoms with Crippen LogP contribution in [-0.4, -0.2) is 134 Å². The summed E-state index contributed by atoms with van der Waals surface area (Å²) < 4.78 is 9.06. The van der Waals surface area contributed by atoms with E-state index in [9.17, 15) is 24.9 Å². The number of hydrogen-bond donors (Lipinski definition) is 6. The molecule has 1 aliphatic rings. The molecule has 0 unspecified atom stereocenters. The number of rotatable bonds is 18. The van der Waals surface area contributed by atoms with E-state index >= 15 is 0 Å². The second-order valence-electron chi connectivity index (χ2n) is 18.9. The third-order valence-corrected chi connectivity index (χ3v) is 12.9. The molecule has 4 atom stereocenters.